The van der Waals surface area contributed by atoms with Crippen LogP contribution in [-0.2, 0) is 20.8 Å². The summed E-state index contributed by atoms with van der Waals surface area (Å²) in [6.45, 7) is 6.77. The van der Waals surface area contributed by atoms with Crippen molar-refractivity contribution in [1.82, 2.24) is 15.5 Å². The van der Waals surface area contributed by atoms with Gasteiger partial charge in [-0.3, -0.25) is 14.4 Å². The van der Waals surface area contributed by atoms with Gasteiger partial charge >= 0.3 is 0 Å². The van der Waals surface area contributed by atoms with E-state index in [1.807, 2.05) is 63.2 Å². The molecule has 8 heteroatoms. The van der Waals surface area contributed by atoms with E-state index in [9.17, 15) is 14.4 Å². The van der Waals surface area contributed by atoms with Crippen molar-refractivity contribution in [2.24, 2.45) is 11.1 Å². The molecule has 1 heterocycles. The summed E-state index contributed by atoms with van der Waals surface area (Å²) in [6, 6.07) is 12.7. The van der Waals surface area contributed by atoms with E-state index in [2.05, 4.69) is 10.6 Å². The number of halogens is 1. The summed E-state index contributed by atoms with van der Waals surface area (Å²) in [4.78, 5) is 40.5. The Hall–Kier alpha value is -2.64. The van der Waals surface area contributed by atoms with E-state index in [0.717, 1.165) is 22.8 Å². The largest absolute Gasteiger partial charge is 0.353 e. The lowest BCUT2D eigenvalue weighted by atomic mass is 9.94. The third-order valence-corrected chi connectivity index (χ3v) is 5.79. The van der Waals surface area contributed by atoms with Gasteiger partial charge in [-0.05, 0) is 29.2 Å². The van der Waals surface area contributed by atoms with Crippen molar-refractivity contribution in [3.8, 4) is 0 Å². The molecule has 4 N–H and O–H groups in total. The maximum Gasteiger partial charge on any atom is 0.243 e. The zero-order chi connectivity index (χ0) is 23.3. The van der Waals surface area contributed by atoms with Gasteiger partial charge in [0.25, 0.3) is 0 Å². The Morgan fingerprint density at radius 2 is 1.82 bits per heavy atom. The molecular formula is C25H35ClN4O3. The lowest BCUT2D eigenvalue weighted by molar-refractivity contribution is -0.145. The molecule has 0 aliphatic carbocycles. The molecule has 0 saturated carbocycles. The summed E-state index contributed by atoms with van der Waals surface area (Å²) in [6.07, 6.45) is 1.72. The van der Waals surface area contributed by atoms with Crippen LogP contribution in [0.25, 0.3) is 10.8 Å². The highest BCUT2D eigenvalue weighted by atomic mass is 35.5. The second-order valence-corrected chi connectivity index (χ2v) is 9.43. The normalized spacial score (nSPS) is 16.7. The van der Waals surface area contributed by atoms with Crippen molar-refractivity contribution < 1.29 is 14.4 Å². The first-order chi connectivity index (χ1) is 15.2. The number of benzene rings is 2. The number of amides is 3. The zero-order valence-electron chi connectivity index (χ0n) is 19.6. The number of hydrogen-bond acceptors (Lipinski definition) is 4. The van der Waals surface area contributed by atoms with Gasteiger partial charge in [-0.2, -0.15) is 0 Å². The molecule has 180 valence electrons. The number of carbonyl (C=O) groups is 3. The van der Waals surface area contributed by atoms with E-state index in [0.29, 0.717) is 32.5 Å². The number of nitrogens with zero attached hydrogens (tertiary/aromatic N) is 1. The van der Waals surface area contributed by atoms with Gasteiger partial charge in [-0.15, -0.1) is 12.4 Å². The van der Waals surface area contributed by atoms with Gasteiger partial charge in [0.15, 0.2) is 0 Å². The van der Waals surface area contributed by atoms with Crippen LogP contribution in [0.4, 0.5) is 0 Å². The molecule has 1 aliphatic rings. The third kappa shape index (κ3) is 6.68. The highest BCUT2D eigenvalue weighted by Gasteiger charge is 2.39. The fraction of sp³-hybridized carbons (Fsp3) is 0.480. The highest BCUT2D eigenvalue weighted by molar-refractivity contribution is 5.93. The van der Waals surface area contributed by atoms with Crippen LogP contribution in [0.5, 0.6) is 0 Å². The van der Waals surface area contributed by atoms with E-state index < -0.39 is 17.5 Å². The van der Waals surface area contributed by atoms with Crippen LogP contribution < -0.4 is 16.4 Å². The Morgan fingerprint density at radius 1 is 1.12 bits per heavy atom. The first-order valence-corrected chi connectivity index (χ1v) is 11.3. The van der Waals surface area contributed by atoms with Crippen molar-refractivity contribution in [1.29, 1.82) is 0 Å². The second kappa shape index (κ2) is 11.5. The molecule has 33 heavy (non-hydrogen) atoms. The zero-order valence-corrected chi connectivity index (χ0v) is 20.4. The molecule has 0 bridgehead atoms. The molecular weight excluding hydrogens is 440 g/mol. The Morgan fingerprint density at radius 3 is 2.48 bits per heavy atom. The average molecular weight is 475 g/mol. The van der Waals surface area contributed by atoms with Gasteiger partial charge in [0.05, 0.1) is 0 Å². The summed E-state index contributed by atoms with van der Waals surface area (Å²) < 4.78 is 0. The van der Waals surface area contributed by atoms with Gasteiger partial charge < -0.3 is 21.3 Å². The van der Waals surface area contributed by atoms with Crippen LogP contribution in [0.2, 0.25) is 0 Å². The molecule has 7 nitrogen and oxygen atoms in total. The van der Waals surface area contributed by atoms with E-state index >= 15 is 0 Å². The number of hydrogen-bond donors (Lipinski definition) is 3. The van der Waals surface area contributed by atoms with E-state index in [4.69, 9.17) is 5.73 Å². The summed E-state index contributed by atoms with van der Waals surface area (Å²) in [7, 11) is 0. The van der Waals surface area contributed by atoms with Gasteiger partial charge in [0, 0.05) is 31.5 Å². The minimum absolute atomic E-state index is 0. The van der Waals surface area contributed by atoms with E-state index in [1.54, 1.807) is 4.90 Å². The molecule has 0 aromatic heterocycles. The molecule has 1 unspecified atom stereocenters. The Bertz CT molecular complexity index is 989. The minimum atomic E-state index is -0.748. The molecule has 0 spiro atoms. The molecule has 0 radical (unpaired) electrons. The lowest BCUT2D eigenvalue weighted by Crippen LogP contribution is -2.55. The molecule has 2 aromatic rings. The molecule has 1 aliphatic heterocycles. The maximum atomic E-state index is 13.2. The van der Waals surface area contributed by atoms with Crippen molar-refractivity contribution >= 4 is 40.9 Å². The number of nitrogens with two attached hydrogens (primary N) is 1. The van der Waals surface area contributed by atoms with Gasteiger partial charge in [0.1, 0.15) is 12.1 Å². The van der Waals surface area contributed by atoms with Crippen LogP contribution in [0.15, 0.2) is 42.5 Å². The summed E-state index contributed by atoms with van der Waals surface area (Å²) in [5.41, 5.74) is 5.92. The predicted molar refractivity (Wildman–Crippen MR) is 133 cm³/mol. The van der Waals surface area contributed by atoms with E-state index in [1.165, 1.54) is 0 Å². The summed E-state index contributed by atoms with van der Waals surface area (Å²) in [5.74, 6) is -0.605. The monoisotopic (exact) mass is 474 g/mol. The van der Waals surface area contributed by atoms with Crippen LogP contribution in [-0.4, -0.2) is 54.3 Å². The minimum Gasteiger partial charge on any atom is -0.353 e. The SMILES string of the molecule is CC(C)(C)C(=O)N1CCCC1C(=O)N[C@H](Cc1ccc2ccccc2c1)C(=O)NCCN.Cl. The van der Waals surface area contributed by atoms with Crippen LogP contribution >= 0.6 is 12.4 Å². The quantitative estimate of drug-likeness (QED) is 0.573. The predicted octanol–water partition coefficient (Wildman–Crippen LogP) is 2.40. The standard InChI is InChI=1S/C25H34N4O3.ClH/c1-25(2,3)24(32)29-14-6-9-21(29)23(31)28-20(22(30)27-13-12-26)16-17-10-11-18-7-4-5-8-19(18)15-17;/h4-5,7-8,10-11,15,20-21H,6,9,12-14,16,26H2,1-3H3,(H,27,30)(H,28,31);1H/t20-,21?;/m1./s1. The van der Waals surface area contributed by atoms with Crippen LogP contribution in [0, 0.1) is 5.41 Å². The lowest BCUT2D eigenvalue weighted by Gasteiger charge is -2.31. The van der Waals surface area contributed by atoms with Crippen molar-refractivity contribution in [2.45, 2.75) is 52.1 Å². The van der Waals surface area contributed by atoms with Crippen molar-refractivity contribution in [3.63, 3.8) is 0 Å². The second-order valence-electron chi connectivity index (χ2n) is 9.43. The van der Waals surface area contributed by atoms with Crippen LogP contribution in [0.1, 0.15) is 39.2 Å². The number of rotatable bonds is 7. The van der Waals surface area contributed by atoms with Crippen LogP contribution in [0.3, 0.4) is 0 Å². The van der Waals surface area contributed by atoms with Gasteiger partial charge in [-0.1, -0.05) is 63.2 Å². The molecule has 1 fully saturated rings. The summed E-state index contributed by atoms with van der Waals surface area (Å²) >= 11 is 0. The number of carbonyl (C=O) groups excluding carboxylic acids is 3. The molecule has 2 aromatic carbocycles. The fourth-order valence-electron chi connectivity index (χ4n) is 4.11. The number of likely N-dealkylation sites (tertiary alicyclic amines) is 1. The average Bonchev–Trinajstić information content (AvgIpc) is 3.25. The third-order valence-electron chi connectivity index (χ3n) is 5.79. The van der Waals surface area contributed by atoms with Crippen molar-refractivity contribution in [2.75, 3.05) is 19.6 Å². The topological polar surface area (TPSA) is 105 Å². The van der Waals surface area contributed by atoms with Crippen molar-refractivity contribution in [3.05, 3.63) is 48.0 Å². The Balaban J connectivity index is 0.00000385. The molecule has 3 amide bonds. The number of fused-ring (bicyclic) bond motifs is 1. The smallest absolute Gasteiger partial charge is 0.243 e. The molecule has 3 rings (SSSR count). The first kappa shape index (κ1) is 26.6. The van der Waals surface area contributed by atoms with E-state index in [-0.39, 0.29) is 30.1 Å². The maximum absolute atomic E-state index is 13.2. The highest BCUT2D eigenvalue weighted by Crippen LogP contribution is 2.26. The molecule has 1 saturated heterocycles. The Kier molecular flexibility index (Phi) is 9.25. The number of nitrogens with one attached hydrogen (secondary N) is 2. The first-order valence-electron chi connectivity index (χ1n) is 11.3. The summed E-state index contributed by atoms with van der Waals surface area (Å²) in [5, 5.41) is 7.90. The molecule has 2 atom stereocenters. The Labute approximate surface area is 201 Å². The fourth-order valence-corrected chi connectivity index (χ4v) is 4.11. The van der Waals surface area contributed by atoms with Gasteiger partial charge in [-0.25, -0.2) is 0 Å². The van der Waals surface area contributed by atoms with Gasteiger partial charge in [0.2, 0.25) is 17.7 Å².